The van der Waals surface area contributed by atoms with E-state index in [1.54, 1.807) is 52.1 Å². The van der Waals surface area contributed by atoms with Gasteiger partial charge in [0.1, 0.15) is 28.7 Å². The molecule has 0 bridgehead atoms. The van der Waals surface area contributed by atoms with Crippen LogP contribution in [0.4, 0.5) is 20.3 Å². The number of halogens is 3. The summed E-state index contributed by atoms with van der Waals surface area (Å²) in [5.41, 5.74) is 0.636. The van der Waals surface area contributed by atoms with Crippen molar-refractivity contribution in [2.45, 2.75) is 66.5 Å². The van der Waals surface area contributed by atoms with Crippen LogP contribution in [-0.2, 0) is 25.6 Å². The van der Waals surface area contributed by atoms with E-state index >= 15 is 8.78 Å². The minimum absolute atomic E-state index is 0.0488. The van der Waals surface area contributed by atoms with Crippen LogP contribution in [0.5, 0.6) is 11.5 Å². The van der Waals surface area contributed by atoms with Crippen molar-refractivity contribution in [1.82, 2.24) is 24.7 Å². The number of rotatable bonds is 16. The largest absolute Gasteiger partial charge is 0.494 e. The number of pyridine rings is 1. The zero-order valence-electron chi connectivity index (χ0n) is 31.0. The fourth-order valence-electron chi connectivity index (χ4n) is 5.50. The number of carbonyl (C=O) groups is 2. The Kier molecular flexibility index (Phi) is 13.0. The molecule has 3 aromatic heterocycles. The van der Waals surface area contributed by atoms with E-state index in [4.69, 9.17) is 40.6 Å². The van der Waals surface area contributed by atoms with Gasteiger partial charge in [0.05, 0.1) is 61.1 Å². The van der Waals surface area contributed by atoms with E-state index in [0.29, 0.717) is 33.7 Å². The summed E-state index contributed by atoms with van der Waals surface area (Å²) in [5.74, 6) is -2.42. The van der Waals surface area contributed by atoms with Gasteiger partial charge >= 0.3 is 11.9 Å². The number of para-hydroxylation sites is 1. The van der Waals surface area contributed by atoms with Crippen LogP contribution in [0, 0.1) is 23.5 Å². The number of nitrogens with one attached hydrogen (secondary N) is 1. The highest BCUT2D eigenvalue weighted by atomic mass is 35.5. The van der Waals surface area contributed by atoms with Crippen LogP contribution < -0.4 is 14.8 Å². The number of esters is 2. The zero-order chi connectivity index (χ0) is 39.0. The number of fused-ring (bicyclic) bond motifs is 1. The predicted molar refractivity (Wildman–Crippen MR) is 200 cm³/mol. The second-order valence-corrected chi connectivity index (χ2v) is 14.1. The summed E-state index contributed by atoms with van der Waals surface area (Å²) < 4.78 is 53.9. The van der Waals surface area contributed by atoms with Gasteiger partial charge in [-0.2, -0.15) is 5.10 Å². The smallest absolute Gasteiger partial charge is 0.309 e. The fourth-order valence-corrected chi connectivity index (χ4v) is 5.67. The van der Waals surface area contributed by atoms with Crippen LogP contribution in [0.15, 0.2) is 61.1 Å². The first kappa shape index (κ1) is 39.8. The number of hydrogen-bond donors (Lipinski definition) is 1. The van der Waals surface area contributed by atoms with Gasteiger partial charge in [0.2, 0.25) is 0 Å². The summed E-state index contributed by atoms with van der Waals surface area (Å²) in [4.78, 5) is 38.6. The Bertz CT molecular complexity index is 2080. The number of benzene rings is 2. The molecule has 2 aromatic carbocycles. The first-order valence-electron chi connectivity index (χ1n) is 17.6. The molecule has 0 spiro atoms. The molecule has 0 aliphatic carbocycles. The molecule has 12 nitrogen and oxygen atoms in total. The van der Waals surface area contributed by atoms with E-state index in [9.17, 15) is 9.59 Å². The van der Waals surface area contributed by atoms with E-state index in [-0.39, 0.29) is 67.4 Å². The molecule has 1 unspecified atom stereocenters. The summed E-state index contributed by atoms with van der Waals surface area (Å²) >= 11 is 6.41. The topological polar surface area (TPSA) is 140 Å². The lowest BCUT2D eigenvalue weighted by Crippen LogP contribution is -2.30. The molecule has 0 saturated carbocycles. The number of ether oxygens (including phenoxy) is 4. The molecular weight excluding hydrogens is 722 g/mol. The fraction of sp³-hybridized carbons (Fsp3) is 0.385. The first-order chi connectivity index (χ1) is 25.7. The number of hydrogen-bond acceptors (Lipinski definition) is 11. The summed E-state index contributed by atoms with van der Waals surface area (Å²) in [6.07, 6.45) is 4.76. The van der Waals surface area contributed by atoms with E-state index in [2.05, 4.69) is 15.3 Å². The van der Waals surface area contributed by atoms with E-state index in [1.165, 1.54) is 17.1 Å². The standard InChI is InChI=1S/C39H43ClF2N6O6/c1-7-51-24-17-29(41)27(30(42)18-24)22-48-32-12-9-8-11-25(32)35(47-48)37-44-21-33(36(46-37)45-31-13-14-43-20-28(31)40)52-15-10-16-53-38(50)26(23(2)3)19-34(49)54-39(4,5)6/h8-9,11-14,17-18,20-21,23,26H,7,10,15-16,19,22H2,1-6H3,(H,43,44,45,46). The molecule has 1 N–H and O–H groups in total. The van der Waals surface area contributed by atoms with Gasteiger partial charge in [0.15, 0.2) is 17.4 Å². The molecule has 0 aliphatic heterocycles. The van der Waals surface area contributed by atoms with E-state index in [0.717, 1.165) is 12.1 Å². The monoisotopic (exact) mass is 764 g/mol. The molecule has 0 saturated heterocycles. The van der Waals surface area contributed by atoms with Crippen LogP contribution in [0.2, 0.25) is 5.02 Å². The van der Waals surface area contributed by atoms with Crippen molar-refractivity contribution < 1.29 is 37.3 Å². The molecule has 54 heavy (non-hydrogen) atoms. The zero-order valence-corrected chi connectivity index (χ0v) is 31.7. The van der Waals surface area contributed by atoms with Crippen LogP contribution in [-0.4, -0.2) is 62.1 Å². The first-order valence-corrected chi connectivity index (χ1v) is 17.9. The van der Waals surface area contributed by atoms with Crippen LogP contribution >= 0.6 is 11.6 Å². The van der Waals surface area contributed by atoms with Crippen LogP contribution in [0.25, 0.3) is 22.4 Å². The average Bonchev–Trinajstić information content (AvgIpc) is 3.47. The molecule has 1 atom stereocenters. The molecule has 0 fully saturated rings. The second kappa shape index (κ2) is 17.6. The lowest BCUT2D eigenvalue weighted by atomic mass is 9.92. The van der Waals surface area contributed by atoms with Gasteiger partial charge < -0.3 is 24.3 Å². The van der Waals surface area contributed by atoms with Crippen molar-refractivity contribution >= 4 is 45.9 Å². The summed E-state index contributed by atoms with van der Waals surface area (Å²) in [6, 6.07) is 11.2. The van der Waals surface area contributed by atoms with Gasteiger partial charge in [0.25, 0.3) is 0 Å². The third-order valence-electron chi connectivity index (χ3n) is 8.09. The van der Waals surface area contributed by atoms with Gasteiger partial charge in [-0.1, -0.05) is 43.6 Å². The predicted octanol–water partition coefficient (Wildman–Crippen LogP) is 8.33. The van der Waals surface area contributed by atoms with Crippen molar-refractivity contribution in [2.24, 2.45) is 11.8 Å². The number of nitrogens with zero attached hydrogens (tertiary/aromatic N) is 5. The molecule has 5 rings (SSSR count). The van der Waals surface area contributed by atoms with Crippen LogP contribution in [0.1, 0.15) is 59.9 Å². The highest BCUT2D eigenvalue weighted by Gasteiger charge is 2.29. The van der Waals surface area contributed by atoms with E-state index in [1.807, 2.05) is 26.0 Å². The lowest BCUT2D eigenvalue weighted by molar-refractivity contribution is -0.163. The number of anilines is 2. The maximum absolute atomic E-state index is 15.1. The summed E-state index contributed by atoms with van der Waals surface area (Å²) in [7, 11) is 0. The van der Waals surface area contributed by atoms with Crippen LogP contribution in [0.3, 0.4) is 0 Å². The lowest BCUT2D eigenvalue weighted by Gasteiger charge is -2.23. The molecule has 0 amide bonds. The van der Waals surface area contributed by atoms with Crippen molar-refractivity contribution in [1.29, 1.82) is 0 Å². The van der Waals surface area contributed by atoms with Gasteiger partial charge in [0, 0.05) is 41.9 Å². The summed E-state index contributed by atoms with van der Waals surface area (Å²) in [5, 5.41) is 8.86. The maximum Gasteiger partial charge on any atom is 0.309 e. The van der Waals surface area contributed by atoms with Gasteiger partial charge in [-0.3, -0.25) is 19.3 Å². The average molecular weight is 765 g/mol. The van der Waals surface area contributed by atoms with Gasteiger partial charge in [-0.25, -0.2) is 18.7 Å². The Balaban J connectivity index is 1.35. The quantitative estimate of drug-likeness (QED) is 0.0766. The van der Waals surface area contributed by atoms with E-state index < -0.39 is 35.1 Å². The third kappa shape index (κ3) is 10.2. The minimum atomic E-state index is -0.756. The molecule has 15 heteroatoms. The highest BCUT2D eigenvalue weighted by molar-refractivity contribution is 6.33. The minimum Gasteiger partial charge on any atom is -0.494 e. The molecule has 3 heterocycles. The second-order valence-electron chi connectivity index (χ2n) is 13.7. The van der Waals surface area contributed by atoms with Crippen molar-refractivity contribution in [3.8, 4) is 23.0 Å². The molecule has 0 radical (unpaired) electrons. The third-order valence-corrected chi connectivity index (χ3v) is 8.39. The Morgan fingerprint density at radius 1 is 1.02 bits per heavy atom. The Morgan fingerprint density at radius 3 is 2.44 bits per heavy atom. The maximum atomic E-state index is 15.1. The Morgan fingerprint density at radius 2 is 1.76 bits per heavy atom. The molecular formula is C39H43ClF2N6O6. The van der Waals surface area contributed by atoms with Crippen molar-refractivity contribution in [2.75, 3.05) is 25.1 Å². The van der Waals surface area contributed by atoms with Crippen molar-refractivity contribution in [3.63, 3.8) is 0 Å². The Hall–Kier alpha value is -5.37. The molecule has 5 aromatic rings. The molecule has 0 aliphatic rings. The molecule has 286 valence electrons. The Labute approximate surface area is 317 Å². The van der Waals surface area contributed by atoms with Gasteiger partial charge in [-0.15, -0.1) is 0 Å². The highest BCUT2D eigenvalue weighted by Crippen LogP contribution is 2.33. The number of carbonyl (C=O) groups excluding carboxylic acids is 2. The normalized spacial score (nSPS) is 12.1. The van der Waals surface area contributed by atoms with Crippen molar-refractivity contribution in [3.05, 3.63) is 83.3 Å². The van der Waals surface area contributed by atoms with Gasteiger partial charge in [-0.05, 0) is 45.7 Å². The number of aromatic nitrogens is 5. The SMILES string of the molecule is CCOc1cc(F)c(Cn2nc(-c3ncc(OCCCOC(=O)C(CC(=O)OC(C)(C)C)C(C)C)c(Nc4ccncc4Cl)n3)c3ccccc32)c(F)c1. The summed E-state index contributed by atoms with van der Waals surface area (Å²) in [6.45, 7) is 11.0.